The van der Waals surface area contributed by atoms with Crippen LogP contribution in [0.15, 0.2) is 48.5 Å². The molecule has 0 saturated heterocycles. The van der Waals surface area contributed by atoms with Crippen molar-refractivity contribution in [3.8, 4) is 17.4 Å². The first-order chi connectivity index (χ1) is 14.8. The van der Waals surface area contributed by atoms with Gasteiger partial charge in [0.05, 0.1) is 15.7 Å². The van der Waals surface area contributed by atoms with Crippen LogP contribution >= 0.6 is 32.4 Å². The summed E-state index contributed by atoms with van der Waals surface area (Å²) >= 11 is 12.4. The molecule has 160 valence electrons. The summed E-state index contributed by atoms with van der Waals surface area (Å²) in [7, 11) is 2.63. The highest BCUT2D eigenvalue weighted by atomic mass is 35.5. The molecule has 0 aliphatic heterocycles. The van der Waals surface area contributed by atoms with E-state index >= 15 is 0 Å². The molecule has 31 heavy (non-hydrogen) atoms. The topological polar surface area (TPSA) is 121 Å². The van der Waals surface area contributed by atoms with Gasteiger partial charge in [0, 0.05) is 18.2 Å². The summed E-state index contributed by atoms with van der Waals surface area (Å²) < 4.78 is 5.71. The van der Waals surface area contributed by atoms with Crippen molar-refractivity contribution < 1.29 is 24.6 Å². The van der Waals surface area contributed by atoms with Crippen molar-refractivity contribution in [2.24, 2.45) is 0 Å². The van der Waals surface area contributed by atoms with Gasteiger partial charge in [-0.25, -0.2) is 10.5 Å². The molecule has 1 aromatic heterocycles. The molecule has 0 bridgehead atoms. The summed E-state index contributed by atoms with van der Waals surface area (Å²) in [6.07, 6.45) is 0.377. The minimum absolute atomic E-state index is 0.0121. The molecule has 4 N–H and O–H groups in total. The Hall–Kier alpha value is -2.90. The molecule has 1 heterocycles. The van der Waals surface area contributed by atoms with Crippen molar-refractivity contribution in [2.45, 2.75) is 6.42 Å². The maximum atomic E-state index is 11.5. The van der Waals surface area contributed by atoms with E-state index in [1.54, 1.807) is 0 Å². The number of hydroxylamine groups is 1. The van der Waals surface area contributed by atoms with Crippen LogP contribution in [0.25, 0.3) is 0 Å². The summed E-state index contributed by atoms with van der Waals surface area (Å²) in [5.74, 6) is -2.13. The van der Waals surface area contributed by atoms with Gasteiger partial charge in [-0.3, -0.25) is 14.8 Å². The van der Waals surface area contributed by atoms with Crippen LogP contribution in [0.2, 0.25) is 10.0 Å². The first-order valence-corrected chi connectivity index (χ1v) is 10.1. The Morgan fingerprint density at radius 3 is 2.39 bits per heavy atom. The Kier molecular flexibility index (Phi) is 7.30. The van der Waals surface area contributed by atoms with E-state index in [1.807, 2.05) is 24.3 Å². The van der Waals surface area contributed by atoms with Gasteiger partial charge in [0.1, 0.15) is 5.75 Å². The molecule has 11 heteroatoms. The number of carbonyl (C=O) groups excluding carboxylic acids is 2. The second-order valence-corrected chi connectivity index (χ2v) is 7.69. The van der Waals surface area contributed by atoms with E-state index in [0.29, 0.717) is 12.1 Å². The summed E-state index contributed by atoms with van der Waals surface area (Å²) in [4.78, 5) is 27.0. The van der Waals surface area contributed by atoms with Crippen LogP contribution in [0.1, 0.15) is 11.3 Å². The zero-order valence-electron chi connectivity index (χ0n) is 15.7. The van der Waals surface area contributed by atoms with Gasteiger partial charge in [-0.05, 0) is 29.1 Å². The molecule has 1 atom stereocenters. The third-order valence-electron chi connectivity index (χ3n) is 4.11. The van der Waals surface area contributed by atoms with E-state index in [1.165, 1.54) is 29.7 Å². The molecular formula is C20H16Cl2N3O5P. The molecule has 0 radical (unpaired) electrons. The van der Waals surface area contributed by atoms with E-state index in [4.69, 9.17) is 33.1 Å². The van der Waals surface area contributed by atoms with E-state index in [2.05, 4.69) is 19.5 Å². The van der Waals surface area contributed by atoms with Crippen LogP contribution in [-0.2, 0) is 16.0 Å². The third-order valence-corrected chi connectivity index (χ3v) is 5.23. The number of amides is 2. The molecule has 0 spiro atoms. The lowest BCUT2D eigenvalue weighted by atomic mass is 10.1. The first kappa shape index (κ1) is 22.8. The van der Waals surface area contributed by atoms with Crippen LogP contribution in [0.4, 0.5) is 5.69 Å². The van der Waals surface area contributed by atoms with Gasteiger partial charge < -0.3 is 15.2 Å². The summed E-state index contributed by atoms with van der Waals surface area (Å²) in [5.41, 5.74) is 2.70. The average molecular weight is 480 g/mol. The van der Waals surface area contributed by atoms with Crippen LogP contribution in [0.3, 0.4) is 0 Å². The van der Waals surface area contributed by atoms with Crippen LogP contribution < -0.4 is 20.8 Å². The largest absolute Gasteiger partial charge is 0.506 e. The van der Waals surface area contributed by atoms with Gasteiger partial charge in [0.15, 0.2) is 5.75 Å². The van der Waals surface area contributed by atoms with Gasteiger partial charge in [0.25, 0.3) is 0 Å². The number of benzene rings is 2. The number of pyridine rings is 1. The lowest BCUT2D eigenvalue weighted by Gasteiger charge is -2.13. The zero-order valence-corrected chi connectivity index (χ0v) is 18.4. The number of carbonyl (C=O) groups is 2. The first-order valence-electron chi connectivity index (χ1n) is 8.73. The highest BCUT2D eigenvalue weighted by molar-refractivity contribution is 7.27. The van der Waals surface area contributed by atoms with Crippen molar-refractivity contribution in [1.29, 1.82) is 0 Å². The lowest BCUT2D eigenvalue weighted by molar-refractivity contribution is -0.141. The molecule has 0 saturated carbocycles. The summed E-state index contributed by atoms with van der Waals surface area (Å²) in [6, 6.07) is 13.2. The Bertz CT molecular complexity index is 1140. The maximum Gasteiger partial charge on any atom is 0.332 e. The number of ether oxygens (including phenoxy) is 1. The molecule has 0 aliphatic carbocycles. The lowest BCUT2D eigenvalue weighted by Crippen LogP contribution is -2.33. The zero-order chi connectivity index (χ0) is 22.5. The van der Waals surface area contributed by atoms with Crippen LogP contribution in [-0.4, -0.2) is 27.1 Å². The highest BCUT2D eigenvalue weighted by Crippen LogP contribution is 2.39. The number of hydrogen-bond donors (Lipinski definition) is 4. The van der Waals surface area contributed by atoms with Crippen molar-refractivity contribution >= 4 is 55.2 Å². The SMILES string of the molecule is O=C(NO)C(=O)Nc1cc(Cl)c(Oc2ccc(O)c(Cc3ccccc3P)n2)c(Cl)c1. The Labute approximate surface area is 189 Å². The number of aromatic nitrogens is 1. The van der Waals surface area contributed by atoms with Gasteiger partial charge in [-0.1, -0.05) is 47.5 Å². The second-order valence-electron chi connectivity index (χ2n) is 6.26. The number of aromatic hydroxyl groups is 1. The molecule has 8 nitrogen and oxygen atoms in total. The Balaban J connectivity index is 1.83. The van der Waals surface area contributed by atoms with Gasteiger partial charge in [0.2, 0.25) is 5.88 Å². The van der Waals surface area contributed by atoms with Gasteiger partial charge in [-0.15, -0.1) is 9.24 Å². The highest BCUT2D eigenvalue weighted by Gasteiger charge is 2.17. The minimum atomic E-state index is -1.25. The van der Waals surface area contributed by atoms with Crippen LogP contribution in [0, 0.1) is 0 Å². The third kappa shape index (κ3) is 5.62. The standard InChI is InChI=1S/C20H16Cl2N3O5P/c21-12-8-11(23-19(27)20(28)25-29)9-13(22)18(12)30-17-6-5-15(26)14(24-17)7-10-3-1-2-4-16(10)31/h1-6,8-9,26,29H,7,31H2,(H,23,27)(H,25,28). The fourth-order valence-corrected chi connectivity index (χ4v) is 3.48. The summed E-state index contributed by atoms with van der Waals surface area (Å²) in [6.45, 7) is 0. The average Bonchev–Trinajstić information content (AvgIpc) is 2.73. The molecule has 1 unspecified atom stereocenters. The van der Waals surface area contributed by atoms with Crippen molar-refractivity contribution in [1.82, 2.24) is 10.5 Å². The number of hydrogen-bond acceptors (Lipinski definition) is 6. The van der Waals surface area contributed by atoms with E-state index in [-0.39, 0.29) is 33.1 Å². The van der Waals surface area contributed by atoms with Gasteiger partial charge in [-0.2, -0.15) is 0 Å². The van der Waals surface area contributed by atoms with E-state index < -0.39 is 11.8 Å². The number of nitrogens with one attached hydrogen (secondary N) is 2. The molecule has 2 amide bonds. The predicted molar refractivity (Wildman–Crippen MR) is 120 cm³/mol. The van der Waals surface area contributed by atoms with Crippen molar-refractivity contribution in [2.75, 3.05) is 5.32 Å². The monoisotopic (exact) mass is 479 g/mol. The molecular weight excluding hydrogens is 464 g/mol. The maximum absolute atomic E-state index is 11.5. The normalized spacial score (nSPS) is 10.5. The van der Waals surface area contributed by atoms with Crippen molar-refractivity contribution in [3.63, 3.8) is 0 Å². The van der Waals surface area contributed by atoms with E-state index in [0.717, 1.165) is 10.9 Å². The second kappa shape index (κ2) is 9.94. The molecule has 3 rings (SSSR count). The van der Waals surface area contributed by atoms with Gasteiger partial charge >= 0.3 is 11.8 Å². The predicted octanol–water partition coefficient (Wildman–Crippen LogP) is 3.42. The molecule has 0 fully saturated rings. The Morgan fingerprint density at radius 2 is 1.74 bits per heavy atom. The number of nitrogens with zero attached hydrogens (tertiary/aromatic N) is 1. The van der Waals surface area contributed by atoms with Crippen LogP contribution in [0.5, 0.6) is 17.4 Å². The molecule has 2 aromatic carbocycles. The van der Waals surface area contributed by atoms with E-state index in [9.17, 15) is 14.7 Å². The number of anilines is 1. The van der Waals surface area contributed by atoms with Crippen molar-refractivity contribution in [3.05, 3.63) is 69.8 Å². The quantitative estimate of drug-likeness (QED) is 0.192. The summed E-state index contributed by atoms with van der Waals surface area (Å²) in [5, 5.41) is 22.0. The molecule has 0 aliphatic rings. The smallest absolute Gasteiger partial charge is 0.332 e. The fraction of sp³-hybridized carbons (Fsp3) is 0.0500. The fourth-order valence-electron chi connectivity index (χ4n) is 2.61. The number of halogens is 2. The minimum Gasteiger partial charge on any atom is -0.506 e. The molecule has 3 aromatic rings. The Morgan fingerprint density at radius 1 is 1.06 bits per heavy atom. The number of rotatable bonds is 5.